The summed E-state index contributed by atoms with van der Waals surface area (Å²) < 4.78 is 0. The van der Waals surface area contributed by atoms with Crippen molar-refractivity contribution >= 4 is 17.3 Å². The van der Waals surface area contributed by atoms with Crippen LogP contribution in [0, 0.1) is 5.41 Å². The van der Waals surface area contributed by atoms with Crippen LogP contribution in [-0.4, -0.2) is 24.7 Å². The highest BCUT2D eigenvalue weighted by molar-refractivity contribution is 5.94. The van der Waals surface area contributed by atoms with E-state index >= 15 is 0 Å². The Bertz CT molecular complexity index is 422. The first-order valence-corrected chi connectivity index (χ1v) is 5.55. The smallest absolute Gasteiger partial charge is 0.337 e. The van der Waals surface area contributed by atoms with Gasteiger partial charge in [0.2, 0.25) is 0 Å². The number of nitrogens with zero attached hydrogens (tertiary/aromatic N) is 1. The van der Waals surface area contributed by atoms with Crippen LogP contribution >= 0.6 is 0 Å². The van der Waals surface area contributed by atoms with E-state index in [1.807, 2.05) is 18.0 Å². The molecule has 0 aliphatic carbocycles. The zero-order valence-corrected chi connectivity index (χ0v) is 10.8. The Kier molecular flexibility index (Phi) is 3.66. The van der Waals surface area contributed by atoms with Crippen LogP contribution in [0.5, 0.6) is 0 Å². The standard InChI is InChI=1S/C13H20N2O2/c1-13(2,3)8-15(4)9-5-6-11(14)10(7-9)12(16)17/h5-7H,8,14H2,1-4H3,(H,16,17). The summed E-state index contributed by atoms with van der Waals surface area (Å²) in [6, 6.07) is 5.09. The van der Waals surface area contributed by atoms with Gasteiger partial charge in [0.05, 0.1) is 5.56 Å². The number of hydrogen-bond donors (Lipinski definition) is 2. The lowest BCUT2D eigenvalue weighted by molar-refractivity contribution is 0.0698. The fourth-order valence-corrected chi connectivity index (χ4v) is 1.77. The van der Waals surface area contributed by atoms with Gasteiger partial charge in [0.15, 0.2) is 0 Å². The van der Waals surface area contributed by atoms with E-state index in [4.69, 9.17) is 10.8 Å². The van der Waals surface area contributed by atoms with Crippen molar-refractivity contribution in [2.24, 2.45) is 5.41 Å². The summed E-state index contributed by atoms with van der Waals surface area (Å²) in [7, 11) is 1.95. The molecule has 0 aliphatic rings. The fraction of sp³-hybridized carbons (Fsp3) is 0.462. The van der Waals surface area contributed by atoms with Crippen molar-refractivity contribution in [3.8, 4) is 0 Å². The van der Waals surface area contributed by atoms with Crippen molar-refractivity contribution < 1.29 is 9.90 Å². The first kappa shape index (κ1) is 13.4. The Hall–Kier alpha value is -1.71. The Morgan fingerprint density at radius 3 is 2.47 bits per heavy atom. The molecular weight excluding hydrogens is 216 g/mol. The van der Waals surface area contributed by atoms with Crippen LogP contribution in [0.25, 0.3) is 0 Å². The molecule has 0 heterocycles. The van der Waals surface area contributed by atoms with Gasteiger partial charge in [-0.15, -0.1) is 0 Å². The average Bonchev–Trinajstić information content (AvgIpc) is 2.14. The average molecular weight is 236 g/mol. The van der Waals surface area contributed by atoms with Gasteiger partial charge >= 0.3 is 5.97 Å². The number of anilines is 2. The maximum absolute atomic E-state index is 11.0. The number of carboxylic acids is 1. The normalized spacial score (nSPS) is 11.3. The molecule has 0 aliphatic heterocycles. The topological polar surface area (TPSA) is 66.6 Å². The molecule has 0 unspecified atom stereocenters. The van der Waals surface area contributed by atoms with Crippen LogP contribution in [0.3, 0.4) is 0 Å². The van der Waals surface area contributed by atoms with Gasteiger partial charge in [0, 0.05) is 25.0 Å². The van der Waals surface area contributed by atoms with Crippen molar-refractivity contribution in [2.45, 2.75) is 20.8 Å². The highest BCUT2D eigenvalue weighted by atomic mass is 16.4. The molecule has 94 valence electrons. The zero-order valence-electron chi connectivity index (χ0n) is 10.8. The summed E-state index contributed by atoms with van der Waals surface area (Å²) in [4.78, 5) is 13.0. The van der Waals surface area contributed by atoms with Gasteiger partial charge < -0.3 is 15.7 Å². The third-order valence-electron chi connectivity index (χ3n) is 2.42. The van der Waals surface area contributed by atoms with Gasteiger partial charge in [-0.25, -0.2) is 4.79 Å². The molecule has 0 saturated carbocycles. The van der Waals surface area contributed by atoms with E-state index in [0.29, 0.717) is 5.69 Å². The summed E-state index contributed by atoms with van der Waals surface area (Å²) in [6.07, 6.45) is 0. The number of rotatable bonds is 3. The van der Waals surface area contributed by atoms with Crippen LogP contribution in [-0.2, 0) is 0 Å². The third kappa shape index (κ3) is 3.66. The van der Waals surface area contributed by atoms with Crippen molar-refractivity contribution in [1.82, 2.24) is 0 Å². The second kappa shape index (κ2) is 4.65. The molecule has 3 N–H and O–H groups in total. The predicted octanol–water partition coefficient (Wildman–Crippen LogP) is 2.45. The first-order valence-electron chi connectivity index (χ1n) is 5.55. The van der Waals surface area contributed by atoms with Gasteiger partial charge in [-0.05, 0) is 23.6 Å². The number of aromatic carboxylic acids is 1. The predicted molar refractivity (Wildman–Crippen MR) is 70.5 cm³/mol. The Balaban J connectivity index is 3.00. The van der Waals surface area contributed by atoms with Crippen molar-refractivity contribution in [3.63, 3.8) is 0 Å². The molecule has 0 saturated heterocycles. The molecule has 0 atom stereocenters. The Labute approximate surface area is 102 Å². The second-order valence-electron chi connectivity index (χ2n) is 5.49. The van der Waals surface area contributed by atoms with E-state index in [1.165, 1.54) is 0 Å². The highest BCUT2D eigenvalue weighted by Crippen LogP contribution is 2.23. The molecule has 0 bridgehead atoms. The zero-order chi connectivity index (χ0) is 13.2. The number of carbonyl (C=O) groups is 1. The molecule has 0 amide bonds. The molecule has 1 aromatic carbocycles. The molecule has 4 nitrogen and oxygen atoms in total. The van der Waals surface area contributed by atoms with Crippen LogP contribution in [0.15, 0.2) is 18.2 Å². The van der Waals surface area contributed by atoms with Gasteiger partial charge in [0.1, 0.15) is 0 Å². The molecule has 1 aromatic rings. The molecule has 0 aromatic heterocycles. The minimum absolute atomic E-state index is 0.152. The van der Waals surface area contributed by atoms with E-state index in [1.54, 1.807) is 12.1 Å². The van der Waals surface area contributed by atoms with Crippen LogP contribution in [0.1, 0.15) is 31.1 Å². The van der Waals surface area contributed by atoms with Crippen molar-refractivity contribution in [1.29, 1.82) is 0 Å². The van der Waals surface area contributed by atoms with E-state index in [0.717, 1.165) is 12.2 Å². The SMILES string of the molecule is CN(CC(C)(C)C)c1ccc(N)c(C(=O)O)c1. The Morgan fingerprint density at radius 1 is 1.41 bits per heavy atom. The molecule has 4 heteroatoms. The maximum Gasteiger partial charge on any atom is 0.337 e. The van der Waals surface area contributed by atoms with Crippen LogP contribution < -0.4 is 10.6 Å². The number of nitrogens with two attached hydrogens (primary N) is 1. The molecule has 0 fully saturated rings. The molecule has 0 spiro atoms. The lowest BCUT2D eigenvalue weighted by Gasteiger charge is -2.28. The largest absolute Gasteiger partial charge is 0.478 e. The van der Waals surface area contributed by atoms with E-state index in [-0.39, 0.29) is 11.0 Å². The monoisotopic (exact) mass is 236 g/mol. The number of hydrogen-bond acceptors (Lipinski definition) is 3. The van der Waals surface area contributed by atoms with E-state index in [2.05, 4.69) is 20.8 Å². The highest BCUT2D eigenvalue weighted by Gasteiger charge is 2.16. The lowest BCUT2D eigenvalue weighted by Crippen LogP contribution is -2.29. The molecular formula is C13H20N2O2. The number of benzene rings is 1. The lowest BCUT2D eigenvalue weighted by atomic mass is 9.96. The maximum atomic E-state index is 11.0. The van der Waals surface area contributed by atoms with Gasteiger partial charge in [-0.1, -0.05) is 20.8 Å². The van der Waals surface area contributed by atoms with Gasteiger partial charge in [-0.3, -0.25) is 0 Å². The number of carboxylic acid groups (broad SMARTS) is 1. The molecule has 1 rings (SSSR count). The van der Waals surface area contributed by atoms with Gasteiger partial charge in [-0.2, -0.15) is 0 Å². The van der Waals surface area contributed by atoms with Gasteiger partial charge in [0.25, 0.3) is 0 Å². The minimum Gasteiger partial charge on any atom is -0.478 e. The first-order chi connectivity index (χ1) is 7.70. The second-order valence-corrected chi connectivity index (χ2v) is 5.49. The summed E-state index contributed by atoms with van der Waals surface area (Å²) in [5, 5.41) is 9.01. The quantitative estimate of drug-likeness (QED) is 0.791. The van der Waals surface area contributed by atoms with Crippen LogP contribution in [0.2, 0.25) is 0 Å². The molecule has 0 radical (unpaired) electrons. The van der Waals surface area contributed by atoms with Crippen LogP contribution in [0.4, 0.5) is 11.4 Å². The summed E-state index contributed by atoms with van der Waals surface area (Å²) in [6.45, 7) is 7.26. The molecule has 17 heavy (non-hydrogen) atoms. The number of nitrogen functional groups attached to an aromatic ring is 1. The van der Waals surface area contributed by atoms with E-state index in [9.17, 15) is 4.79 Å². The third-order valence-corrected chi connectivity index (χ3v) is 2.42. The van der Waals surface area contributed by atoms with E-state index < -0.39 is 5.97 Å². The Morgan fingerprint density at radius 2 is 2.00 bits per heavy atom. The minimum atomic E-state index is -0.992. The summed E-state index contributed by atoms with van der Waals surface area (Å²) in [5.41, 5.74) is 7.09. The van der Waals surface area contributed by atoms with Crippen molar-refractivity contribution in [3.05, 3.63) is 23.8 Å². The summed E-state index contributed by atoms with van der Waals surface area (Å²) >= 11 is 0. The fourth-order valence-electron chi connectivity index (χ4n) is 1.77. The van der Waals surface area contributed by atoms with Crippen molar-refractivity contribution in [2.75, 3.05) is 24.2 Å². The summed E-state index contributed by atoms with van der Waals surface area (Å²) in [5.74, 6) is -0.992.